The Morgan fingerprint density at radius 3 is 2.78 bits per heavy atom. The molecule has 124 valence electrons. The first kappa shape index (κ1) is 14.7. The van der Waals surface area contributed by atoms with Gasteiger partial charge in [0.1, 0.15) is 6.61 Å². The number of nitrogens with zero attached hydrogens (tertiary/aromatic N) is 3. The number of ether oxygens (including phenoxy) is 1. The van der Waals surface area contributed by atoms with E-state index in [1.165, 1.54) is 19.0 Å². The lowest BCUT2D eigenvalue weighted by atomic mass is 9.89. The predicted molar refractivity (Wildman–Crippen MR) is 79.6 cm³/mol. The molecular formula is C16H21N3O4. The first-order chi connectivity index (χ1) is 11.2. The molecule has 0 aromatic carbocycles. The minimum atomic E-state index is -0.291. The van der Waals surface area contributed by atoms with Crippen molar-refractivity contribution in [3.8, 4) is 0 Å². The van der Waals surface area contributed by atoms with Gasteiger partial charge in [0, 0.05) is 32.2 Å². The van der Waals surface area contributed by atoms with Crippen LogP contribution >= 0.6 is 0 Å². The highest BCUT2D eigenvalue weighted by atomic mass is 16.5. The van der Waals surface area contributed by atoms with Crippen LogP contribution in [0, 0.1) is 5.92 Å². The van der Waals surface area contributed by atoms with E-state index in [0.29, 0.717) is 25.6 Å². The number of piperidine rings is 1. The molecule has 4 rings (SSSR count). The smallest absolute Gasteiger partial charge is 0.292 e. The Hall–Kier alpha value is -1.89. The minimum Gasteiger partial charge on any atom is -0.363 e. The third kappa shape index (κ3) is 2.97. The van der Waals surface area contributed by atoms with Crippen LogP contribution in [0.3, 0.4) is 0 Å². The number of aromatic nitrogens is 1. The molecule has 3 fully saturated rings. The maximum absolute atomic E-state index is 12.3. The van der Waals surface area contributed by atoms with Gasteiger partial charge in [0.05, 0.1) is 11.8 Å². The third-order valence-electron chi connectivity index (χ3n) is 5.12. The summed E-state index contributed by atoms with van der Waals surface area (Å²) in [7, 11) is 0. The van der Waals surface area contributed by atoms with Crippen molar-refractivity contribution in [1.29, 1.82) is 0 Å². The van der Waals surface area contributed by atoms with E-state index >= 15 is 0 Å². The van der Waals surface area contributed by atoms with Gasteiger partial charge in [-0.2, -0.15) is 0 Å². The molecule has 1 aromatic rings. The summed E-state index contributed by atoms with van der Waals surface area (Å²) in [6.45, 7) is 2.93. The largest absolute Gasteiger partial charge is 0.363 e. The highest BCUT2D eigenvalue weighted by Gasteiger charge is 2.44. The summed E-state index contributed by atoms with van der Waals surface area (Å²) in [6, 6.07) is 1.58. The third-order valence-corrected chi connectivity index (χ3v) is 5.12. The van der Waals surface area contributed by atoms with Crippen LogP contribution in [0.4, 0.5) is 0 Å². The summed E-state index contributed by atoms with van der Waals surface area (Å²) >= 11 is 0. The molecule has 23 heavy (non-hydrogen) atoms. The lowest BCUT2D eigenvalue weighted by Gasteiger charge is -2.47. The minimum absolute atomic E-state index is 0.0997. The van der Waals surface area contributed by atoms with Crippen LogP contribution in [0.25, 0.3) is 0 Å². The molecule has 0 unspecified atom stereocenters. The van der Waals surface area contributed by atoms with Gasteiger partial charge < -0.3 is 19.1 Å². The molecule has 2 saturated heterocycles. The predicted octanol–water partition coefficient (Wildman–Crippen LogP) is 0.918. The molecular weight excluding hydrogens is 298 g/mol. The quantitative estimate of drug-likeness (QED) is 0.828. The van der Waals surface area contributed by atoms with Crippen LogP contribution in [0.5, 0.6) is 0 Å². The van der Waals surface area contributed by atoms with Crippen molar-refractivity contribution in [1.82, 2.24) is 15.0 Å². The van der Waals surface area contributed by atoms with E-state index in [-0.39, 0.29) is 29.8 Å². The summed E-state index contributed by atoms with van der Waals surface area (Å²) in [5.74, 6) is 0.931. The molecule has 3 heterocycles. The standard InChI is InChI=1S/C16H21N3O4/c20-14-10-22-16(11-19(14)9-12-1-2-12)4-7-18(8-5-16)15(21)13-3-6-17-23-13/h3,6,12H,1-2,4-5,7-11H2. The zero-order valence-electron chi connectivity index (χ0n) is 13.1. The lowest BCUT2D eigenvalue weighted by molar-refractivity contribution is -0.170. The first-order valence-corrected chi connectivity index (χ1v) is 8.27. The second-order valence-electron chi connectivity index (χ2n) is 6.86. The van der Waals surface area contributed by atoms with E-state index in [9.17, 15) is 9.59 Å². The Morgan fingerprint density at radius 2 is 2.13 bits per heavy atom. The van der Waals surface area contributed by atoms with Gasteiger partial charge in [-0.3, -0.25) is 9.59 Å². The number of rotatable bonds is 3. The Labute approximate surface area is 134 Å². The topological polar surface area (TPSA) is 75.9 Å². The Balaban J connectivity index is 1.38. The number of carbonyl (C=O) groups excluding carboxylic acids is 2. The van der Waals surface area contributed by atoms with E-state index in [4.69, 9.17) is 9.26 Å². The van der Waals surface area contributed by atoms with Crippen LogP contribution in [0.15, 0.2) is 16.8 Å². The lowest BCUT2D eigenvalue weighted by Crippen LogP contribution is -2.59. The van der Waals surface area contributed by atoms with Gasteiger partial charge >= 0.3 is 0 Å². The summed E-state index contributed by atoms with van der Waals surface area (Å²) < 4.78 is 10.8. The van der Waals surface area contributed by atoms with E-state index in [0.717, 1.165) is 19.4 Å². The van der Waals surface area contributed by atoms with Crippen LogP contribution in [0.2, 0.25) is 0 Å². The molecule has 7 nitrogen and oxygen atoms in total. The monoisotopic (exact) mass is 319 g/mol. The zero-order chi connectivity index (χ0) is 15.9. The average Bonchev–Trinajstić information content (AvgIpc) is 3.21. The summed E-state index contributed by atoms with van der Waals surface area (Å²) in [4.78, 5) is 28.1. The number of hydrogen-bond acceptors (Lipinski definition) is 5. The fourth-order valence-electron chi connectivity index (χ4n) is 3.47. The van der Waals surface area contributed by atoms with Gasteiger partial charge in [-0.1, -0.05) is 5.16 Å². The van der Waals surface area contributed by atoms with Crippen molar-refractivity contribution in [2.75, 3.05) is 32.8 Å². The zero-order valence-corrected chi connectivity index (χ0v) is 13.1. The van der Waals surface area contributed by atoms with Crippen molar-refractivity contribution in [3.05, 3.63) is 18.0 Å². The second kappa shape index (κ2) is 5.63. The maximum atomic E-state index is 12.3. The number of carbonyl (C=O) groups is 2. The summed E-state index contributed by atoms with van der Waals surface area (Å²) in [5.41, 5.74) is -0.291. The molecule has 2 amide bonds. The van der Waals surface area contributed by atoms with Gasteiger partial charge in [0.2, 0.25) is 11.7 Å². The normalized spacial score (nSPS) is 24.3. The molecule has 1 saturated carbocycles. The highest BCUT2D eigenvalue weighted by Crippen LogP contribution is 2.35. The highest BCUT2D eigenvalue weighted by molar-refractivity contribution is 5.91. The molecule has 3 aliphatic rings. The first-order valence-electron chi connectivity index (χ1n) is 8.27. The molecule has 2 aliphatic heterocycles. The molecule has 7 heteroatoms. The van der Waals surface area contributed by atoms with Gasteiger partial charge in [-0.05, 0) is 31.6 Å². The summed E-state index contributed by atoms with van der Waals surface area (Å²) in [5, 5.41) is 3.58. The van der Waals surface area contributed by atoms with Crippen molar-refractivity contribution in [2.24, 2.45) is 5.92 Å². The molecule has 1 spiro atoms. The van der Waals surface area contributed by atoms with Crippen molar-refractivity contribution in [2.45, 2.75) is 31.3 Å². The van der Waals surface area contributed by atoms with Crippen LogP contribution in [-0.4, -0.2) is 65.2 Å². The van der Waals surface area contributed by atoms with Crippen LogP contribution in [0.1, 0.15) is 36.2 Å². The van der Waals surface area contributed by atoms with Crippen LogP contribution < -0.4 is 0 Å². The van der Waals surface area contributed by atoms with Gasteiger partial charge in [0.25, 0.3) is 5.91 Å². The second-order valence-corrected chi connectivity index (χ2v) is 6.86. The van der Waals surface area contributed by atoms with Gasteiger partial charge in [-0.25, -0.2) is 0 Å². The van der Waals surface area contributed by atoms with E-state index in [2.05, 4.69) is 5.16 Å². The van der Waals surface area contributed by atoms with E-state index < -0.39 is 0 Å². The van der Waals surface area contributed by atoms with Gasteiger partial charge in [-0.15, -0.1) is 0 Å². The van der Waals surface area contributed by atoms with Crippen molar-refractivity contribution >= 4 is 11.8 Å². The molecule has 0 atom stereocenters. The molecule has 0 N–H and O–H groups in total. The molecule has 1 aliphatic carbocycles. The van der Waals surface area contributed by atoms with Gasteiger partial charge in [0.15, 0.2) is 0 Å². The molecule has 1 aromatic heterocycles. The fraction of sp³-hybridized carbons (Fsp3) is 0.688. The van der Waals surface area contributed by atoms with Crippen LogP contribution in [-0.2, 0) is 9.53 Å². The van der Waals surface area contributed by atoms with E-state index in [1.807, 2.05) is 4.90 Å². The molecule has 0 radical (unpaired) electrons. The van der Waals surface area contributed by atoms with Crippen molar-refractivity contribution in [3.63, 3.8) is 0 Å². The molecule has 0 bridgehead atoms. The Morgan fingerprint density at radius 1 is 1.35 bits per heavy atom. The number of amides is 2. The number of hydrogen-bond donors (Lipinski definition) is 0. The van der Waals surface area contributed by atoms with E-state index in [1.54, 1.807) is 11.0 Å². The Kier molecular flexibility index (Phi) is 3.60. The average molecular weight is 319 g/mol. The maximum Gasteiger partial charge on any atom is 0.292 e. The number of likely N-dealkylation sites (tertiary alicyclic amines) is 1. The summed E-state index contributed by atoms with van der Waals surface area (Å²) in [6.07, 6.45) is 5.45. The SMILES string of the molecule is O=C1COC2(CCN(C(=O)c3ccno3)CC2)CN1CC1CC1. The fourth-order valence-corrected chi connectivity index (χ4v) is 3.47. The Bertz CT molecular complexity index is 588. The number of morpholine rings is 1. The van der Waals surface area contributed by atoms with Crippen molar-refractivity contribution < 1.29 is 18.8 Å².